The minimum absolute atomic E-state index is 0.0977. The molecule has 2 fully saturated rings. The first kappa shape index (κ1) is 22.4. The summed E-state index contributed by atoms with van der Waals surface area (Å²) >= 11 is 0. The number of pyridine rings is 1. The van der Waals surface area contributed by atoms with Gasteiger partial charge in [0.1, 0.15) is 0 Å². The molecule has 2 aliphatic carbocycles. The lowest BCUT2D eigenvalue weighted by Crippen LogP contribution is -2.43. The summed E-state index contributed by atoms with van der Waals surface area (Å²) in [5.74, 6) is 2.12. The highest BCUT2D eigenvalue weighted by Crippen LogP contribution is 2.49. The van der Waals surface area contributed by atoms with Gasteiger partial charge in [-0.15, -0.1) is 0 Å². The van der Waals surface area contributed by atoms with Gasteiger partial charge in [-0.25, -0.2) is 0 Å². The van der Waals surface area contributed by atoms with Crippen LogP contribution in [0.25, 0.3) is 5.52 Å². The molecule has 0 aliphatic heterocycles. The molecule has 3 aromatic rings. The first-order chi connectivity index (χ1) is 16.3. The molecule has 2 heterocycles. The lowest BCUT2D eigenvalue weighted by atomic mass is 9.59. The van der Waals surface area contributed by atoms with Crippen LogP contribution in [0.3, 0.4) is 0 Å². The number of carbonyl (C=O) groups excluding carboxylic acids is 2. The van der Waals surface area contributed by atoms with Gasteiger partial charge in [0.2, 0.25) is 5.78 Å². The zero-order valence-electron chi connectivity index (χ0n) is 19.9. The average molecular weight is 454 g/mol. The van der Waals surface area contributed by atoms with Gasteiger partial charge in [-0.3, -0.25) is 9.59 Å². The van der Waals surface area contributed by atoms with Crippen molar-refractivity contribution in [1.29, 1.82) is 5.26 Å². The number of benzene rings is 1. The van der Waals surface area contributed by atoms with E-state index in [0.717, 1.165) is 17.8 Å². The van der Waals surface area contributed by atoms with Crippen molar-refractivity contribution in [2.24, 2.45) is 23.2 Å². The fourth-order valence-corrected chi connectivity index (χ4v) is 6.64. The highest BCUT2D eigenvalue weighted by atomic mass is 16.1. The number of ketones is 1. The van der Waals surface area contributed by atoms with Gasteiger partial charge in [-0.1, -0.05) is 26.0 Å². The molecule has 5 nitrogen and oxygen atoms in total. The first-order valence-electron chi connectivity index (χ1n) is 12.3. The van der Waals surface area contributed by atoms with E-state index >= 15 is 0 Å². The standard InChI is InChI=1S/C29H31N3O2/c1-19-11-21-13-22(12-19)16-29(2,15-21)18-31-28(34)24-7-4-10-32-25(24)8-9-26(32)27(33)23-6-3-5-20(14-23)17-30/h3-10,14,19,21-22H,11-13,15-16,18H2,1-2H3,(H,31,34). The van der Waals surface area contributed by atoms with Crippen LogP contribution in [0.1, 0.15) is 77.9 Å². The Bertz CT molecular complexity index is 1280. The molecule has 1 aromatic carbocycles. The minimum atomic E-state index is -0.176. The summed E-state index contributed by atoms with van der Waals surface area (Å²) in [4.78, 5) is 26.4. The van der Waals surface area contributed by atoms with Gasteiger partial charge < -0.3 is 9.72 Å². The fourth-order valence-electron chi connectivity index (χ4n) is 6.64. The third kappa shape index (κ3) is 4.25. The third-order valence-corrected chi connectivity index (χ3v) is 7.80. The number of nitriles is 1. The molecular formula is C29H31N3O2. The Kier molecular flexibility index (Phi) is 5.77. The molecule has 2 aliphatic rings. The topological polar surface area (TPSA) is 74.4 Å². The van der Waals surface area contributed by atoms with Gasteiger partial charge >= 0.3 is 0 Å². The number of fused-ring (bicyclic) bond motifs is 3. The van der Waals surface area contributed by atoms with Gasteiger partial charge in [0.15, 0.2) is 0 Å². The Morgan fingerprint density at radius 2 is 1.85 bits per heavy atom. The van der Waals surface area contributed by atoms with Crippen LogP contribution in [0.4, 0.5) is 0 Å². The second-order valence-corrected chi connectivity index (χ2v) is 10.9. The Balaban J connectivity index is 1.34. The molecule has 2 saturated carbocycles. The Morgan fingerprint density at radius 1 is 1.09 bits per heavy atom. The van der Waals surface area contributed by atoms with E-state index in [9.17, 15) is 9.59 Å². The largest absolute Gasteiger partial charge is 0.351 e. The van der Waals surface area contributed by atoms with Gasteiger partial charge in [0.05, 0.1) is 28.4 Å². The van der Waals surface area contributed by atoms with E-state index < -0.39 is 0 Å². The van der Waals surface area contributed by atoms with Crippen molar-refractivity contribution < 1.29 is 9.59 Å². The average Bonchev–Trinajstić information content (AvgIpc) is 3.25. The van der Waals surface area contributed by atoms with E-state index in [-0.39, 0.29) is 17.1 Å². The van der Waals surface area contributed by atoms with Gasteiger partial charge in [-0.05, 0) is 91.7 Å². The number of amides is 1. The third-order valence-electron chi connectivity index (χ3n) is 7.80. The maximum atomic E-state index is 13.2. The smallest absolute Gasteiger partial charge is 0.253 e. The molecular weight excluding hydrogens is 422 g/mol. The lowest BCUT2D eigenvalue weighted by molar-refractivity contribution is 0.0449. The molecule has 5 heteroatoms. The predicted molar refractivity (Wildman–Crippen MR) is 132 cm³/mol. The zero-order chi connectivity index (χ0) is 23.9. The summed E-state index contributed by atoms with van der Waals surface area (Å²) < 4.78 is 1.77. The molecule has 174 valence electrons. The first-order valence-corrected chi connectivity index (χ1v) is 12.3. The van der Waals surface area contributed by atoms with E-state index in [1.807, 2.05) is 12.1 Å². The van der Waals surface area contributed by atoms with E-state index in [2.05, 4.69) is 25.2 Å². The maximum absolute atomic E-state index is 13.2. The number of nitrogens with zero attached hydrogens (tertiary/aromatic N) is 2. The Labute approximate surface area is 200 Å². The van der Waals surface area contributed by atoms with E-state index in [1.54, 1.807) is 47.0 Å². The number of nitrogens with one attached hydrogen (secondary N) is 1. The maximum Gasteiger partial charge on any atom is 0.253 e. The number of hydrogen-bond donors (Lipinski definition) is 1. The summed E-state index contributed by atoms with van der Waals surface area (Å²) in [5.41, 5.74) is 2.80. The van der Waals surface area contributed by atoms with E-state index in [4.69, 9.17) is 5.26 Å². The van der Waals surface area contributed by atoms with Crippen LogP contribution in [0.2, 0.25) is 0 Å². The quantitative estimate of drug-likeness (QED) is 0.509. The Hall–Kier alpha value is -3.39. The molecule has 0 radical (unpaired) electrons. The summed E-state index contributed by atoms with van der Waals surface area (Å²) in [6, 6.07) is 16.0. The number of rotatable bonds is 5. The van der Waals surface area contributed by atoms with Gasteiger partial charge in [0, 0.05) is 18.3 Å². The van der Waals surface area contributed by atoms with Crippen LogP contribution < -0.4 is 5.32 Å². The molecule has 2 aromatic heterocycles. The molecule has 0 saturated heterocycles. The number of hydrogen-bond acceptors (Lipinski definition) is 3. The Morgan fingerprint density at radius 3 is 2.59 bits per heavy atom. The summed E-state index contributed by atoms with van der Waals surface area (Å²) in [5, 5.41) is 12.4. The van der Waals surface area contributed by atoms with E-state index in [0.29, 0.717) is 34.4 Å². The molecule has 2 bridgehead atoms. The van der Waals surface area contributed by atoms with Crippen molar-refractivity contribution in [2.75, 3.05) is 6.54 Å². The highest BCUT2D eigenvalue weighted by Gasteiger charge is 2.41. The van der Waals surface area contributed by atoms with Crippen molar-refractivity contribution in [2.45, 2.75) is 46.0 Å². The van der Waals surface area contributed by atoms with Gasteiger partial charge in [0.25, 0.3) is 5.91 Å². The van der Waals surface area contributed by atoms with Crippen molar-refractivity contribution in [1.82, 2.24) is 9.72 Å². The van der Waals surface area contributed by atoms with Crippen molar-refractivity contribution in [3.05, 3.63) is 77.1 Å². The van der Waals surface area contributed by atoms with Crippen LogP contribution in [-0.2, 0) is 0 Å². The van der Waals surface area contributed by atoms with Crippen molar-refractivity contribution in [3.8, 4) is 6.07 Å². The van der Waals surface area contributed by atoms with E-state index in [1.165, 1.54) is 32.1 Å². The molecule has 0 spiro atoms. The van der Waals surface area contributed by atoms with Gasteiger partial charge in [-0.2, -0.15) is 5.26 Å². The fraction of sp³-hybridized carbons (Fsp3) is 0.414. The highest BCUT2D eigenvalue weighted by molar-refractivity contribution is 6.10. The predicted octanol–water partition coefficient (Wildman–Crippen LogP) is 5.62. The second kappa shape index (κ2) is 8.76. The molecule has 1 amide bonds. The summed E-state index contributed by atoms with van der Waals surface area (Å²) in [7, 11) is 0. The van der Waals surface area contributed by atoms with Crippen LogP contribution >= 0.6 is 0 Å². The van der Waals surface area contributed by atoms with Crippen molar-refractivity contribution >= 4 is 17.2 Å². The lowest BCUT2D eigenvalue weighted by Gasteiger charge is -2.47. The SMILES string of the molecule is CC1CC2CC(C1)CC(C)(CNC(=O)c1cccn3c(C(=O)c4cccc(C#N)c4)ccc13)C2. The summed E-state index contributed by atoms with van der Waals surface area (Å²) in [6.45, 7) is 5.38. The number of carbonyl (C=O) groups is 2. The minimum Gasteiger partial charge on any atom is -0.351 e. The van der Waals surface area contributed by atoms with Crippen LogP contribution in [0.5, 0.6) is 0 Å². The monoisotopic (exact) mass is 453 g/mol. The summed E-state index contributed by atoms with van der Waals surface area (Å²) in [6.07, 6.45) is 8.16. The van der Waals surface area contributed by atoms with Crippen LogP contribution in [0.15, 0.2) is 54.7 Å². The normalized spacial score (nSPS) is 26.1. The molecule has 1 N–H and O–H groups in total. The molecule has 2 atom stereocenters. The van der Waals surface area contributed by atoms with Crippen LogP contribution in [0, 0.1) is 34.5 Å². The van der Waals surface area contributed by atoms with Crippen molar-refractivity contribution in [3.63, 3.8) is 0 Å². The molecule has 2 unspecified atom stereocenters. The molecule has 5 rings (SSSR count). The zero-order valence-corrected chi connectivity index (χ0v) is 19.9. The number of aromatic nitrogens is 1. The van der Waals surface area contributed by atoms with Crippen LogP contribution in [-0.4, -0.2) is 22.6 Å². The molecule has 34 heavy (non-hydrogen) atoms. The second-order valence-electron chi connectivity index (χ2n) is 10.9.